The van der Waals surface area contributed by atoms with Crippen molar-refractivity contribution in [1.82, 2.24) is 9.97 Å². The van der Waals surface area contributed by atoms with E-state index >= 15 is 0 Å². The topological polar surface area (TPSA) is 32.3 Å². The van der Waals surface area contributed by atoms with Crippen LogP contribution in [-0.2, 0) is 0 Å². The van der Waals surface area contributed by atoms with Crippen molar-refractivity contribution >= 4 is 44.7 Å². The molecule has 3 aromatic rings. The fourth-order valence-electron chi connectivity index (χ4n) is 2.87. The molecule has 4 rings (SSSR count). The first kappa shape index (κ1) is 13.8. The van der Waals surface area contributed by atoms with Crippen LogP contribution in [0, 0.1) is 0 Å². The Morgan fingerprint density at radius 1 is 1.05 bits per heavy atom. The van der Waals surface area contributed by atoms with Gasteiger partial charge in [0.1, 0.15) is 11.0 Å². The zero-order valence-electron chi connectivity index (χ0n) is 11.9. The van der Waals surface area contributed by atoms with Gasteiger partial charge in [-0.15, -0.1) is 11.3 Å². The molecule has 112 valence electrons. The number of fused-ring (bicyclic) bond motifs is 1. The normalized spacial score (nSPS) is 15.5. The van der Waals surface area contributed by atoms with Gasteiger partial charge in [-0.1, -0.05) is 35.9 Å². The molecule has 0 radical (unpaired) electrons. The van der Waals surface area contributed by atoms with Crippen LogP contribution in [0.4, 0.5) is 10.9 Å². The van der Waals surface area contributed by atoms with Gasteiger partial charge in [-0.2, -0.15) is 0 Å². The minimum Gasteiger partial charge on any atom is -0.353 e. The molecule has 0 atom stereocenters. The molecule has 22 heavy (non-hydrogen) atoms. The van der Waals surface area contributed by atoms with Crippen molar-refractivity contribution in [3.63, 3.8) is 0 Å². The summed E-state index contributed by atoms with van der Waals surface area (Å²) >= 11 is 7.89. The maximum atomic E-state index is 6.20. The van der Waals surface area contributed by atoms with Gasteiger partial charge in [-0.3, -0.25) is 0 Å². The van der Waals surface area contributed by atoms with Gasteiger partial charge in [0.15, 0.2) is 5.13 Å². The number of piperazine rings is 1. The Balaban J connectivity index is 1.61. The Labute approximate surface area is 138 Å². The summed E-state index contributed by atoms with van der Waals surface area (Å²) in [6, 6.07) is 10.2. The van der Waals surface area contributed by atoms with Gasteiger partial charge in [-0.05, 0) is 11.5 Å². The van der Waals surface area contributed by atoms with E-state index in [1.165, 1.54) is 0 Å². The number of hydrogen-bond acceptors (Lipinski definition) is 5. The van der Waals surface area contributed by atoms with Crippen LogP contribution in [0.15, 0.2) is 41.9 Å². The Bertz CT molecular complexity index is 782. The van der Waals surface area contributed by atoms with Gasteiger partial charge in [0.25, 0.3) is 0 Å². The summed E-state index contributed by atoms with van der Waals surface area (Å²) in [6.45, 7) is 3.76. The molecule has 6 heteroatoms. The summed E-state index contributed by atoms with van der Waals surface area (Å²) in [5.74, 6) is 0.988. The molecule has 0 aliphatic carbocycles. The molecule has 0 amide bonds. The highest BCUT2D eigenvalue weighted by atomic mass is 35.5. The van der Waals surface area contributed by atoms with E-state index in [-0.39, 0.29) is 0 Å². The highest BCUT2D eigenvalue weighted by molar-refractivity contribution is 7.13. The van der Waals surface area contributed by atoms with Crippen LogP contribution in [0.5, 0.6) is 0 Å². The second kappa shape index (κ2) is 5.74. The largest absolute Gasteiger partial charge is 0.353 e. The van der Waals surface area contributed by atoms with Crippen LogP contribution in [0.25, 0.3) is 10.8 Å². The Morgan fingerprint density at radius 3 is 2.59 bits per heavy atom. The third-order valence-corrected chi connectivity index (χ3v) is 4.98. The van der Waals surface area contributed by atoms with Crippen molar-refractivity contribution in [3.05, 3.63) is 47.1 Å². The van der Waals surface area contributed by atoms with E-state index in [1.54, 1.807) is 11.3 Å². The molecule has 1 aromatic carbocycles. The molecular formula is C16H15ClN4S. The lowest BCUT2D eigenvalue weighted by molar-refractivity contribution is 0.648. The second-order valence-corrected chi connectivity index (χ2v) is 6.54. The maximum Gasteiger partial charge on any atom is 0.185 e. The van der Waals surface area contributed by atoms with E-state index in [0.29, 0.717) is 5.15 Å². The van der Waals surface area contributed by atoms with E-state index in [4.69, 9.17) is 11.6 Å². The van der Waals surface area contributed by atoms with Gasteiger partial charge in [0, 0.05) is 43.1 Å². The molecule has 1 fully saturated rings. The predicted molar refractivity (Wildman–Crippen MR) is 93.3 cm³/mol. The van der Waals surface area contributed by atoms with E-state index in [9.17, 15) is 0 Å². The van der Waals surface area contributed by atoms with Gasteiger partial charge < -0.3 is 9.80 Å². The predicted octanol–water partition coefficient (Wildman–Crippen LogP) is 3.67. The molecule has 1 saturated heterocycles. The van der Waals surface area contributed by atoms with Crippen molar-refractivity contribution < 1.29 is 0 Å². The summed E-state index contributed by atoms with van der Waals surface area (Å²) in [6.07, 6.45) is 1.86. The quantitative estimate of drug-likeness (QED) is 0.671. The molecular weight excluding hydrogens is 316 g/mol. The van der Waals surface area contributed by atoms with Crippen LogP contribution in [0.1, 0.15) is 0 Å². The number of hydrogen-bond donors (Lipinski definition) is 0. The van der Waals surface area contributed by atoms with Crippen LogP contribution in [-0.4, -0.2) is 36.1 Å². The summed E-state index contributed by atoms with van der Waals surface area (Å²) < 4.78 is 0. The minimum absolute atomic E-state index is 0.552. The van der Waals surface area contributed by atoms with Crippen molar-refractivity contribution in [1.29, 1.82) is 0 Å². The average Bonchev–Trinajstić information content (AvgIpc) is 3.09. The first-order valence-corrected chi connectivity index (χ1v) is 8.52. The Kier molecular flexibility index (Phi) is 3.60. The Hall–Kier alpha value is -1.85. The number of nitrogens with zero attached hydrogens (tertiary/aromatic N) is 4. The summed E-state index contributed by atoms with van der Waals surface area (Å²) in [5, 5.41) is 5.97. The van der Waals surface area contributed by atoms with Gasteiger partial charge in [0.05, 0.1) is 0 Å². The lowest BCUT2D eigenvalue weighted by Crippen LogP contribution is -2.46. The van der Waals surface area contributed by atoms with Gasteiger partial charge in [-0.25, -0.2) is 9.97 Å². The second-order valence-electron chi connectivity index (χ2n) is 5.28. The molecule has 0 unspecified atom stereocenters. The Morgan fingerprint density at radius 2 is 1.82 bits per heavy atom. The van der Waals surface area contributed by atoms with Gasteiger partial charge in [0.2, 0.25) is 0 Å². The van der Waals surface area contributed by atoms with Crippen molar-refractivity contribution in [2.45, 2.75) is 0 Å². The highest BCUT2D eigenvalue weighted by Crippen LogP contribution is 2.29. The number of thiazole rings is 1. The van der Waals surface area contributed by atoms with Crippen LogP contribution in [0.3, 0.4) is 0 Å². The monoisotopic (exact) mass is 330 g/mol. The maximum absolute atomic E-state index is 6.20. The molecule has 0 saturated carbocycles. The third kappa shape index (κ3) is 2.51. The average molecular weight is 331 g/mol. The standard InChI is InChI=1S/C16H15ClN4S/c17-14-11-12-3-1-2-4-13(12)15(19-14)20-6-8-21(9-7-20)16-18-5-10-22-16/h1-5,10-11H,6-9H2. The van der Waals surface area contributed by atoms with E-state index in [2.05, 4.69) is 31.9 Å². The number of anilines is 2. The molecule has 1 aliphatic heterocycles. The van der Waals surface area contributed by atoms with Crippen molar-refractivity contribution in [2.24, 2.45) is 0 Å². The third-order valence-electron chi connectivity index (χ3n) is 3.96. The zero-order valence-corrected chi connectivity index (χ0v) is 13.5. The fraction of sp³-hybridized carbons (Fsp3) is 0.250. The lowest BCUT2D eigenvalue weighted by atomic mass is 10.1. The van der Waals surface area contributed by atoms with Crippen LogP contribution >= 0.6 is 22.9 Å². The summed E-state index contributed by atoms with van der Waals surface area (Å²) in [4.78, 5) is 13.6. The molecule has 2 aromatic heterocycles. The number of pyridine rings is 1. The van der Waals surface area contributed by atoms with E-state index < -0.39 is 0 Å². The number of aromatic nitrogens is 2. The molecule has 0 N–H and O–H groups in total. The number of benzene rings is 1. The van der Waals surface area contributed by atoms with Crippen molar-refractivity contribution in [2.75, 3.05) is 36.0 Å². The number of rotatable bonds is 2. The first-order valence-electron chi connectivity index (χ1n) is 7.26. The molecule has 0 bridgehead atoms. The highest BCUT2D eigenvalue weighted by Gasteiger charge is 2.21. The van der Waals surface area contributed by atoms with Crippen molar-refractivity contribution in [3.8, 4) is 0 Å². The molecule has 3 heterocycles. The minimum atomic E-state index is 0.552. The van der Waals surface area contributed by atoms with Crippen LogP contribution in [0.2, 0.25) is 5.15 Å². The molecule has 4 nitrogen and oxygen atoms in total. The first-order chi connectivity index (χ1) is 10.8. The molecule has 0 spiro atoms. The lowest BCUT2D eigenvalue weighted by Gasteiger charge is -2.35. The summed E-state index contributed by atoms with van der Waals surface area (Å²) in [7, 11) is 0. The summed E-state index contributed by atoms with van der Waals surface area (Å²) in [5.41, 5.74) is 0. The fourth-order valence-corrected chi connectivity index (χ4v) is 3.77. The SMILES string of the molecule is Clc1cc2ccccc2c(N2CCN(c3nccs3)CC2)n1. The zero-order chi connectivity index (χ0) is 14.9. The van der Waals surface area contributed by atoms with E-state index in [1.807, 2.05) is 29.8 Å². The van der Waals surface area contributed by atoms with E-state index in [0.717, 1.165) is 47.9 Å². The smallest absolute Gasteiger partial charge is 0.185 e. The molecule has 1 aliphatic rings. The number of halogens is 1. The van der Waals surface area contributed by atoms with Crippen LogP contribution < -0.4 is 9.80 Å². The van der Waals surface area contributed by atoms with Gasteiger partial charge >= 0.3 is 0 Å².